The SMILES string of the molecule is COc1cccc([C@@H](C)NC(C)c2cc(-c3ccc(C(F)(F)F)c(CCC(=O)OC(C)C)c3)c3ccccc3c2)c1. The topological polar surface area (TPSA) is 47.6 Å². The van der Waals surface area contributed by atoms with Crippen molar-refractivity contribution >= 4 is 16.7 Å². The van der Waals surface area contributed by atoms with E-state index in [0.717, 1.165) is 39.3 Å². The van der Waals surface area contributed by atoms with Crippen molar-refractivity contribution in [2.45, 2.75) is 64.9 Å². The van der Waals surface area contributed by atoms with Crippen LogP contribution >= 0.6 is 0 Å². The summed E-state index contributed by atoms with van der Waals surface area (Å²) in [6, 6.07) is 24.1. The predicted molar refractivity (Wildman–Crippen MR) is 157 cm³/mol. The summed E-state index contributed by atoms with van der Waals surface area (Å²) in [6.45, 7) is 7.58. The molecule has 0 heterocycles. The lowest BCUT2D eigenvalue weighted by atomic mass is 9.90. The van der Waals surface area contributed by atoms with E-state index in [1.54, 1.807) is 27.0 Å². The Morgan fingerprint density at radius 3 is 2.29 bits per heavy atom. The average Bonchev–Trinajstić information content (AvgIpc) is 2.94. The molecule has 0 aromatic heterocycles. The molecule has 41 heavy (non-hydrogen) atoms. The molecule has 7 heteroatoms. The molecule has 2 atom stereocenters. The summed E-state index contributed by atoms with van der Waals surface area (Å²) in [4.78, 5) is 12.1. The summed E-state index contributed by atoms with van der Waals surface area (Å²) in [5, 5.41) is 5.57. The number of nitrogens with one attached hydrogen (secondary N) is 1. The van der Waals surface area contributed by atoms with Crippen LogP contribution in [0.5, 0.6) is 5.75 Å². The third kappa shape index (κ3) is 7.47. The first kappa shape index (κ1) is 30.1. The van der Waals surface area contributed by atoms with Crippen LogP contribution in [0, 0.1) is 0 Å². The minimum atomic E-state index is -4.53. The maximum atomic E-state index is 13.9. The van der Waals surface area contributed by atoms with Crippen molar-refractivity contribution in [3.63, 3.8) is 0 Å². The molecule has 4 aromatic carbocycles. The number of fused-ring (bicyclic) bond motifs is 1. The quantitative estimate of drug-likeness (QED) is 0.196. The fourth-order valence-electron chi connectivity index (χ4n) is 5.10. The smallest absolute Gasteiger partial charge is 0.416 e. The Morgan fingerprint density at radius 2 is 1.59 bits per heavy atom. The van der Waals surface area contributed by atoms with E-state index in [9.17, 15) is 18.0 Å². The first-order valence-electron chi connectivity index (χ1n) is 13.8. The molecule has 4 aromatic rings. The number of hydrogen-bond acceptors (Lipinski definition) is 4. The van der Waals surface area contributed by atoms with Crippen LogP contribution in [0.25, 0.3) is 21.9 Å². The number of rotatable bonds is 10. The molecular formula is C34H36F3NO3. The Hall–Kier alpha value is -3.84. The van der Waals surface area contributed by atoms with Gasteiger partial charge in [-0.15, -0.1) is 0 Å². The molecular weight excluding hydrogens is 527 g/mol. The van der Waals surface area contributed by atoms with E-state index in [-0.39, 0.29) is 36.6 Å². The number of halogens is 3. The largest absolute Gasteiger partial charge is 0.497 e. The Balaban J connectivity index is 1.71. The van der Waals surface area contributed by atoms with Crippen molar-refractivity contribution in [3.8, 4) is 16.9 Å². The Bertz CT molecular complexity index is 1510. The van der Waals surface area contributed by atoms with E-state index in [1.165, 1.54) is 6.07 Å². The lowest BCUT2D eigenvalue weighted by molar-refractivity contribution is -0.147. The number of alkyl halides is 3. The van der Waals surface area contributed by atoms with Crippen molar-refractivity contribution < 1.29 is 27.4 Å². The van der Waals surface area contributed by atoms with Gasteiger partial charge in [-0.2, -0.15) is 13.2 Å². The molecule has 0 radical (unpaired) electrons. The highest BCUT2D eigenvalue weighted by Gasteiger charge is 2.33. The van der Waals surface area contributed by atoms with Crippen LogP contribution in [0.1, 0.15) is 68.5 Å². The van der Waals surface area contributed by atoms with E-state index in [4.69, 9.17) is 9.47 Å². The van der Waals surface area contributed by atoms with E-state index >= 15 is 0 Å². The maximum absolute atomic E-state index is 13.9. The zero-order valence-corrected chi connectivity index (χ0v) is 24.0. The minimum Gasteiger partial charge on any atom is -0.497 e. The molecule has 0 bridgehead atoms. The summed E-state index contributed by atoms with van der Waals surface area (Å²) in [5.41, 5.74) is 2.93. The van der Waals surface area contributed by atoms with Crippen LogP contribution in [0.3, 0.4) is 0 Å². The molecule has 4 nitrogen and oxygen atoms in total. The van der Waals surface area contributed by atoms with E-state index in [0.29, 0.717) is 5.56 Å². The molecule has 1 unspecified atom stereocenters. The van der Waals surface area contributed by atoms with Gasteiger partial charge in [0.15, 0.2) is 0 Å². The molecule has 0 spiro atoms. The van der Waals surface area contributed by atoms with Crippen molar-refractivity contribution in [1.82, 2.24) is 5.32 Å². The Morgan fingerprint density at radius 1 is 0.854 bits per heavy atom. The van der Waals surface area contributed by atoms with Crippen LogP contribution in [-0.4, -0.2) is 19.2 Å². The third-order valence-corrected chi connectivity index (χ3v) is 7.17. The van der Waals surface area contributed by atoms with E-state index < -0.39 is 17.7 Å². The van der Waals surface area contributed by atoms with Gasteiger partial charge in [-0.3, -0.25) is 4.79 Å². The highest BCUT2D eigenvalue weighted by molar-refractivity contribution is 5.97. The van der Waals surface area contributed by atoms with Gasteiger partial charge in [-0.1, -0.05) is 48.5 Å². The second-order valence-corrected chi connectivity index (χ2v) is 10.6. The summed E-state index contributed by atoms with van der Waals surface area (Å²) in [7, 11) is 1.64. The molecule has 0 saturated carbocycles. The lowest BCUT2D eigenvalue weighted by Crippen LogP contribution is -2.22. The minimum absolute atomic E-state index is 0.0262. The van der Waals surface area contributed by atoms with E-state index in [1.807, 2.05) is 54.6 Å². The van der Waals surface area contributed by atoms with E-state index in [2.05, 4.69) is 25.2 Å². The molecule has 1 N–H and O–H groups in total. The van der Waals surface area contributed by atoms with Crippen molar-refractivity contribution in [2.75, 3.05) is 7.11 Å². The summed E-state index contributed by atoms with van der Waals surface area (Å²) in [6.07, 6.45) is -5.06. The molecule has 0 aliphatic carbocycles. The number of aryl methyl sites for hydroxylation is 1. The fourth-order valence-corrected chi connectivity index (χ4v) is 5.10. The first-order valence-corrected chi connectivity index (χ1v) is 13.8. The normalized spacial score (nSPS) is 13.3. The zero-order chi connectivity index (χ0) is 29.7. The molecule has 0 aliphatic rings. The monoisotopic (exact) mass is 563 g/mol. The highest BCUT2D eigenvalue weighted by Crippen LogP contribution is 2.38. The van der Waals surface area contributed by atoms with Gasteiger partial charge in [-0.05, 0) is 103 Å². The van der Waals surface area contributed by atoms with Crippen LogP contribution < -0.4 is 10.1 Å². The van der Waals surface area contributed by atoms with Gasteiger partial charge in [0.2, 0.25) is 0 Å². The van der Waals surface area contributed by atoms with Crippen LogP contribution in [0.4, 0.5) is 13.2 Å². The zero-order valence-electron chi connectivity index (χ0n) is 24.0. The van der Waals surface area contributed by atoms with Crippen molar-refractivity contribution in [2.24, 2.45) is 0 Å². The highest BCUT2D eigenvalue weighted by atomic mass is 19.4. The van der Waals surface area contributed by atoms with Gasteiger partial charge in [0.1, 0.15) is 5.75 Å². The third-order valence-electron chi connectivity index (χ3n) is 7.17. The van der Waals surface area contributed by atoms with Crippen LogP contribution in [-0.2, 0) is 22.1 Å². The van der Waals surface area contributed by atoms with Crippen molar-refractivity contribution in [1.29, 1.82) is 0 Å². The molecule has 0 fully saturated rings. The number of hydrogen-bond donors (Lipinski definition) is 1. The summed E-state index contributed by atoms with van der Waals surface area (Å²) < 4.78 is 52.3. The second-order valence-electron chi connectivity index (χ2n) is 10.6. The summed E-state index contributed by atoms with van der Waals surface area (Å²) >= 11 is 0. The average molecular weight is 564 g/mol. The van der Waals surface area contributed by atoms with Gasteiger partial charge >= 0.3 is 12.1 Å². The maximum Gasteiger partial charge on any atom is 0.416 e. The summed E-state index contributed by atoms with van der Waals surface area (Å²) in [5.74, 6) is 0.267. The predicted octanol–water partition coefficient (Wildman–Crippen LogP) is 8.83. The second kappa shape index (κ2) is 12.8. The Kier molecular flexibility index (Phi) is 9.38. The van der Waals surface area contributed by atoms with Crippen molar-refractivity contribution in [3.05, 3.63) is 101 Å². The van der Waals surface area contributed by atoms with Gasteiger partial charge < -0.3 is 14.8 Å². The molecule has 0 aliphatic heterocycles. The molecule has 216 valence electrons. The molecule has 4 rings (SSSR count). The number of esters is 1. The van der Waals surface area contributed by atoms with Gasteiger partial charge in [0, 0.05) is 18.5 Å². The number of ether oxygens (including phenoxy) is 2. The number of benzene rings is 4. The molecule has 0 saturated heterocycles. The number of methoxy groups -OCH3 is 1. The van der Waals surface area contributed by atoms with Gasteiger partial charge in [0.05, 0.1) is 18.8 Å². The van der Waals surface area contributed by atoms with Crippen LogP contribution in [0.15, 0.2) is 78.9 Å². The Labute approximate surface area is 239 Å². The van der Waals surface area contributed by atoms with Gasteiger partial charge in [-0.25, -0.2) is 0 Å². The van der Waals surface area contributed by atoms with Gasteiger partial charge in [0.25, 0.3) is 0 Å². The number of carbonyl (C=O) groups excluding carboxylic acids is 1. The standard InChI is InChI=1S/C34H36F3NO3/c1-21(2)41-33(39)16-14-27-17-26(13-15-32(27)34(35,36)37)31-20-28(18-25-9-6-7-12-30(25)31)23(4)38-22(3)24-10-8-11-29(19-24)40-5/h6-13,15,17-23,38H,14,16H2,1-5H3/t22-,23?/m1/s1. The molecule has 0 amide bonds. The number of carbonyl (C=O) groups is 1. The fraction of sp³-hybridized carbons (Fsp3) is 0.324. The first-order chi connectivity index (χ1) is 19.5. The lowest BCUT2D eigenvalue weighted by Gasteiger charge is -2.23. The van der Waals surface area contributed by atoms with Crippen LogP contribution in [0.2, 0.25) is 0 Å².